The molecule has 17 heteroatoms. The molecule has 3 saturated heterocycles. The van der Waals surface area contributed by atoms with E-state index in [1.54, 1.807) is 16.7 Å². The second-order valence-electron chi connectivity index (χ2n) is 13.0. The number of alkyl halides is 2. The van der Waals surface area contributed by atoms with Crippen LogP contribution in [-0.4, -0.2) is 122 Å². The van der Waals surface area contributed by atoms with Crippen LogP contribution in [0.4, 0.5) is 8.78 Å². The standard InChI is InChI=1S/C12H21NO.C10H8F2NO4PS.C6H12N2O.C4H8O.C2H6S.3C2H6.CH2O/c1-9-10(2)11(9)5-6-12(14)13-7-3-4-8-13;11-10(12,18(15,16)17)6-1-2-7-5(3-6)4-8(19-7)9(13)14;1-7-2-4-8(6-9)5-3-7;1-2-4-5-3-1;1-3-2;4*1-2/h9-11H,3-8H2,1-2H3;1-4H,(H2,13,14)(H2,15,16,17);6H,2-5H2,1H3;1-4H2;1-2H3;3*1-2H3;1H2. The van der Waals surface area contributed by atoms with Crippen molar-refractivity contribution < 1.29 is 47.0 Å². The molecule has 0 spiro atoms. The van der Waals surface area contributed by atoms with Crippen LogP contribution in [0.3, 0.4) is 0 Å². The summed E-state index contributed by atoms with van der Waals surface area (Å²) < 4.78 is 43.3. The molecule has 58 heavy (non-hydrogen) atoms. The number of thioether (sulfide) groups is 1. The Kier molecular flexibility index (Phi) is 35.4. The minimum atomic E-state index is -5.60. The van der Waals surface area contributed by atoms with E-state index in [2.05, 4.69) is 25.8 Å². The van der Waals surface area contributed by atoms with E-state index >= 15 is 0 Å². The number of nitrogens with zero attached hydrogens (tertiary/aromatic N) is 3. The van der Waals surface area contributed by atoms with Gasteiger partial charge in [0.15, 0.2) is 0 Å². The number of primary amides is 1. The first-order valence-corrected chi connectivity index (χ1v) is 24.3. The predicted octanol–water partition coefficient (Wildman–Crippen LogP) is 8.58. The number of halogens is 2. The number of thiophene rings is 1. The first-order chi connectivity index (χ1) is 27.6. The largest absolute Gasteiger partial charge is 0.399 e. The van der Waals surface area contributed by atoms with Gasteiger partial charge in [-0.1, -0.05) is 61.5 Å². The first-order valence-electron chi connectivity index (χ1n) is 20.3. The van der Waals surface area contributed by atoms with Gasteiger partial charge in [-0.2, -0.15) is 20.5 Å². The Morgan fingerprint density at radius 2 is 1.41 bits per heavy atom. The van der Waals surface area contributed by atoms with Crippen LogP contribution in [0.5, 0.6) is 0 Å². The first kappa shape index (κ1) is 59.8. The lowest BCUT2D eigenvalue weighted by molar-refractivity contribution is -0.130. The van der Waals surface area contributed by atoms with Crippen LogP contribution in [-0.2, 0) is 29.3 Å². The van der Waals surface area contributed by atoms with Gasteiger partial charge in [-0.15, -0.1) is 11.3 Å². The van der Waals surface area contributed by atoms with E-state index in [9.17, 15) is 27.7 Å². The number of fused-ring (bicyclic) bond motifs is 1. The molecule has 2 atom stereocenters. The monoisotopic (exact) mass is 884 g/mol. The van der Waals surface area contributed by atoms with Crippen molar-refractivity contribution in [2.24, 2.45) is 23.5 Å². The molecule has 12 nitrogen and oxygen atoms in total. The summed E-state index contributed by atoms with van der Waals surface area (Å²) >= 11 is 2.77. The summed E-state index contributed by atoms with van der Waals surface area (Å²) in [5, 5.41) is 0.282. The Morgan fingerprint density at radius 1 is 0.931 bits per heavy atom. The number of amides is 3. The molecule has 2 aromatic rings. The summed E-state index contributed by atoms with van der Waals surface area (Å²) in [5.41, 5.74) is -0.00188. The lowest BCUT2D eigenvalue weighted by atomic mass is 10.1. The van der Waals surface area contributed by atoms with Crippen LogP contribution in [0, 0.1) is 17.8 Å². The SMILES string of the molecule is C1CCOC1.C=O.CC.CC.CC.CC1C(C)C1CCC(=O)N1CCCC1.CN1CCN(C=O)CC1.CSC.NC(=O)c1cc2cc(C(F)(F)P(=O)(O)O)ccc2s1. The highest BCUT2D eigenvalue weighted by molar-refractivity contribution is 7.97. The minimum Gasteiger partial charge on any atom is -0.381 e. The van der Waals surface area contributed by atoms with Crippen molar-refractivity contribution >= 4 is 65.8 Å². The second-order valence-corrected chi connectivity index (χ2v) is 16.5. The summed E-state index contributed by atoms with van der Waals surface area (Å²) in [7, 11) is -3.53. The molecular formula is C41H75F2N4O8PS2. The van der Waals surface area contributed by atoms with E-state index in [0.717, 1.165) is 113 Å². The zero-order chi connectivity index (χ0) is 45.5. The number of carbonyl (C=O) groups is 4. The number of likely N-dealkylation sites (N-methyl/N-ethyl adjacent to an activating group) is 1. The highest BCUT2D eigenvalue weighted by atomic mass is 32.2. The number of hydrogen-bond acceptors (Lipinski definition) is 9. The van der Waals surface area contributed by atoms with E-state index in [0.29, 0.717) is 10.6 Å². The highest BCUT2D eigenvalue weighted by Gasteiger charge is 2.50. The molecule has 4 aliphatic rings. The minimum absolute atomic E-state index is 0.187. The number of ether oxygens (including phenoxy) is 1. The van der Waals surface area contributed by atoms with E-state index in [1.165, 1.54) is 37.8 Å². The molecule has 1 saturated carbocycles. The van der Waals surface area contributed by atoms with Crippen molar-refractivity contribution in [3.8, 4) is 0 Å². The maximum absolute atomic E-state index is 13.5. The van der Waals surface area contributed by atoms with Gasteiger partial charge in [0.25, 0.3) is 5.91 Å². The average Bonchev–Trinajstić information content (AvgIpc) is 3.90. The molecule has 6 rings (SSSR count). The van der Waals surface area contributed by atoms with Crippen molar-refractivity contribution in [3.63, 3.8) is 0 Å². The van der Waals surface area contributed by atoms with Gasteiger partial charge in [0, 0.05) is 69.2 Å². The van der Waals surface area contributed by atoms with E-state index in [-0.39, 0.29) is 10.3 Å². The molecular weight excluding hydrogens is 810 g/mol. The van der Waals surface area contributed by atoms with Gasteiger partial charge < -0.3 is 39.8 Å². The van der Waals surface area contributed by atoms with Crippen molar-refractivity contribution in [3.05, 3.63) is 34.7 Å². The smallest absolute Gasteiger partial charge is 0.381 e. The van der Waals surface area contributed by atoms with Crippen LogP contribution in [0.25, 0.3) is 10.1 Å². The van der Waals surface area contributed by atoms with E-state index in [1.807, 2.05) is 65.7 Å². The molecule has 1 aromatic carbocycles. The van der Waals surface area contributed by atoms with Crippen molar-refractivity contribution in [1.29, 1.82) is 0 Å². The van der Waals surface area contributed by atoms with Crippen LogP contribution < -0.4 is 5.73 Å². The number of hydrogen-bond donors (Lipinski definition) is 3. The summed E-state index contributed by atoms with van der Waals surface area (Å²) in [4.78, 5) is 64.4. The van der Waals surface area contributed by atoms with Gasteiger partial charge in [0.1, 0.15) is 6.79 Å². The third kappa shape index (κ3) is 22.8. The quantitative estimate of drug-likeness (QED) is 0.181. The number of carbonyl (C=O) groups excluding carboxylic acids is 4. The number of piperazine rings is 1. The predicted molar refractivity (Wildman–Crippen MR) is 239 cm³/mol. The Hall–Kier alpha value is -2.46. The molecule has 1 aromatic heterocycles. The third-order valence-corrected chi connectivity index (χ3v) is 11.3. The zero-order valence-electron chi connectivity index (χ0n) is 37.0. The molecule has 4 fully saturated rings. The zero-order valence-corrected chi connectivity index (χ0v) is 39.5. The molecule has 4 heterocycles. The second kappa shape index (κ2) is 34.3. The maximum atomic E-state index is 13.5. The molecule has 1 aliphatic carbocycles. The highest BCUT2D eigenvalue weighted by Crippen LogP contribution is 2.59. The van der Waals surface area contributed by atoms with Crippen molar-refractivity contribution in [2.75, 3.05) is 72.0 Å². The Labute approximate surface area is 356 Å². The normalized spacial score (nSPS) is 19.1. The molecule has 3 amide bonds. The average molecular weight is 885 g/mol. The maximum Gasteiger partial charge on any atom is 0.399 e. The topological polar surface area (TPSA) is 171 Å². The number of benzene rings is 1. The van der Waals surface area contributed by atoms with Crippen LogP contribution in [0.15, 0.2) is 24.3 Å². The Morgan fingerprint density at radius 3 is 1.79 bits per heavy atom. The number of rotatable bonds is 7. The van der Waals surface area contributed by atoms with Crippen molar-refractivity contribution in [2.45, 2.75) is 99.6 Å². The molecule has 338 valence electrons. The lowest BCUT2D eigenvalue weighted by Gasteiger charge is -2.29. The molecule has 3 aliphatic heterocycles. The molecule has 0 radical (unpaired) electrons. The Bertz CT molecular complexity index is 1400. The summed E-state index contributed by atoms with van der Waals surface area (Å²) in [6, 6.07) is 4.44. The van der Waals surface area contributed by atoms with Gasteiger partial charge >= 0.3 is 13.3 Å². The lowest BCUT2D eigenvalue weighted by Crippen LogP contribution is -2.43. The van der Waals surface area contributed by atoms with Gasteiger partial charge in [-0.25, -0.2) is 0 Å². The van der Waals surface area contributed by atoms with Crippen molar-refractivity contribution in [1.82, 2.24) is 14.7 Å². The number of nitrogens with two attached hydrogens (primary N) is 1. The van der Waals surface area contributed by atoms with Gasteiger partial charge in [-0.3, -0.25) is 18.9 Å². The van der Waals surface area contributed by atoms with E-state index < -0.39 is 24.7 Å². The fourth-order valence-electron chi connectivity index (χ4n) is 5.66. The van der Waals surface area contributed by atoms with Gasteiger partial charge in [-0.05, 0) is 93.0 Å². The van der Waals surface area contributed by atoms with E-state index in [4.69, 9.17) is 25.1 Å². The molecule has 0 bridgehead atoms. The van der Waals surface area contributed by atoms with Crippen LogP contribution >= 0.6 is 30.7 Å². The van der Waals surface area contributed by atoms with Crippen LogP contribution in [0.2, 0.25) is 0 Å². The fourth-order valence-corrected chi connectivity index (χ4v) is 7.03. The third-order valence-electron chi connectivity index (χ3n) is 9.18. The van der Waals surface area contributed by atoms with Gasteiger partial charge in [0.05, 0.1) is 4.88 Å². The van der Waals surface area contributed by atoms with Crippen LogP contribution in [0.1, 0.15) is 109 Å². The Balaban J connectivity index is -0.000000682. The summed E-state index contributed by atoms with van der Waals surface area (Å²) in [6.07, 6.45) is 11.9. The molecule has 4 N–H and O–H groups in total. The molecule has 2 unspecified atom stereocenters. The summed E-state index contributed by atoms with van der Waals surface area (Å²) in [5.74, 6) is 2.27. The number of likely N-dealkylation sites (tertiary alicyclic amines) is 1. The fraction of sp³-hybridized carbons (Fsp3) is 0.707. The summed E-state index contributed by atoms with van der Waals surface area (Å²) in [6.45, 7) is 26.4. The van der Waals surface area contributed by atoms with Gasteiger partial charge in [0.2, 0.25) is 12.3 Å².